The molecule has 0 fully saturated rings. The quantitative estimate of drug-likeness (QED) is 0.563. The number of benzene rings is 2. The molecule has 0 bridgehead atoms. The lowest BCUT2D eigenvalue weighted by molar-refractivity contribution is 0.183. The number of halogens is 1. The van der Waals surface area contributed by atoms with E-state index in [1.54, 1.807) is 12.3 Å². The van der Waals surface area contributed by atoms with Crippen molar-refractivity contribution >= 4 is 10.9 Å². The predicted octanol–water partition coefficient (Wildman–Crippen LogP) is 5.05. The van der Waals surface area contributed by atoms with E-state index in [4.69, 9.17) is 4.42 Å². The van der Waals surface area contributed by atoms with Gasteiger partial charge in [-0.25, -0.2) is 4.39 Å². The summed E-state index contributed by atoms with van der Waals surface area (Å²) < 4.78 is 20.3. The molecule has 4 aromatic rings. The van der Waals surface area contributed by atoms with Crippen LogP contribution in [0.4, 0.5) is 4.39 Å². The molecule has 3 nitrogen and oxygen atoms in total. The highest BCUT2D eigenvalue weighted by Gasteiger charge is 2.33. The fourth-order valence-electron chi connectivity index (χ4n) is 4.11. The van der Waals surface area contributed by atoms with Crippen LogP contribution in [-0.2, 0) is 13.0 Å². The molecule has 4 heteroatoms. The minimum absolute atomic E-state index is 0.155. The van der Waals surface area contributed by atoms with Gasteiger partial charge in [0.15, 0.2) is 0 Å². The standard InChI is InChI=1S/C22H19FN2O/c23-19-9-3-1-8-18(19)22-21-17(16-7-2-4-10-20(16)24-21)11-12-25(22)14-15-6-5-13-26-15/h1-10,13,22,24H,11-12,14H2/t22-/m0/s1. The first-order valence-corrected chi connectivity index (χ1v) is 8.91. The van der Waals surface area contributed by atoms with Crippen LogP contribution in [0.3, 0.4) is 0 Å². The topological polar surface area (TPSA) is 32.2 Å². The van der Waals surface area contributed by atoms with Gasteiger partial charge in [0.05, 0.1) is 18.8 Å². The highest BCUT2D eigenvalue weighted by Crippen LogP contribution is 2.39. The summed E-state index contributed by atoms with van der Waals surface area (Å²) in [6.07, 6.45) is 2.62. The zero-order valence-electron chi connectivity index (χ0n) is 14.3. The molecule has 1 aliphatic rings. The van der Waals surface area contributed by atoms with Gasteiger partial charge < -0.3 is 9.40 Å². The third-order valence-corrected chi connectivity index (χ3v) is 5.27. The molecule has 0 aliphatic carbocycles. The monoisotopic (exact) mass is 346 g/mol. The smallest absolute Gasteiger partial charge is 0.128 e. The Balaban J connectivity index is 1.67. The second kappa shape index (κ2) is 6.15. The molecule has 0 amide bonds. The molecule has 26 heavy (non-hydrogen) atoms. The number of rotatable bonds is 3. The lowest BCUT2D eigenvalue weighted by atomic mass is 9.92. The molecule has 1 atom stereocenters. The number of furan rings is 1. The van der Waals surface area contributed by atoms with Crippen LogP contribution in [0.1, 0.15) is 28.6 Å². The van der Waals surface area contributed by atoms with E-state index in [-0.39, 0.29) is 11.9 Å². The molecule has 2 aromatic carbocycles. The van der Waals surface area contributed by atoms with E-state index < -0.39 is 0 Å². The molecule has 5 rings (SSSR count). The van der Waals surface area contributed by atoms with Crippen LogP contribution in [0.5, 0.6) is 0 Å². The average molecular weight is 346 g/mol. The van der Waals surface area contributed by atoms with Crippen LogP contribution >= 0.6 is 0 Å². The van der Waals surface area contributed by atoms with Crippen LogP contribution in [0.15, 0.2) is 71.3 Å². The van der Waals surface area contributed by atoms with Gasteiger partial charge in [-0.15, -0.1) is 0 Å². The van der Waals surface area contributed by atoms with Gasteiger partial charge >= 0.3 is 0 Å². The molecule has 2 aromatic heterocycles. The van der Waals surface area contributed by atoms with Crippen LogP contribution in [-0.4, -0.2) is 16.4 Å². The highest BCUT2D eigenvalue weighted by molar-refractivity contribution is 5.85. The Bertz CT molecular complexity index is 1050. The van der Waals surface area contributed by atoms with Crippen molar-refractivity contribution in [2.24, 2.45) is 0 Å². The molecular weight excluding hydrogens is 327 g/mol. The maximum Gasteiger partial charge on any atom is 0.128 e. The van der Waals surface area contributed by atoms with Gasteiger partial charge in [-0.3, -0.25) is 4.90 Å². The van der Waals surface area contributed by atoms with Crippen molar-refractivity contribution in [3.63, 3.8) is 0 Å². The number of hydrogen-bond donors (Lipinski definition) is 1. The summed E-state index contributed by atoms with van der Waals surface area (Å²) in [6.45, 7) is 1.51. The third-order valence-electron chi connectivity index (χ3n) is 5.27. The van der Waals surface area contributed by atoms with E-state index in [9.17, 15) is 4.39 Å². The normalized spacial score (nSPS) is 17.5. The summed E-state index contributed by atoms with van der Waals surface area (Å²) in [5.74, 6) is 0.722. The van der Waals surface area contributed by atoms with E-state index >= 15 is 0 Å². The molecular formula is C22H19FN2O. The van der Waals surface area contributed by atoms with E-state index in [0.29, 0.717) is 12.1 Å². The number of H-pyrrole nitrogens is 1. The van der Waals surface area contributed by atoms with Crippen LogP contribution < -0.4 is 0 Å². The van der Waals surface area contributed by atoms with E-state index in [1.807, 2.05) is 30.3 Å². The Hall–Kier alpha value is -2.85. The van der Waals surface area contributed by atoms with Crippen LogP contribution in [0, 0.1) is 5.82 Å². The van der Waals surface area contributed by atoms with Gasteiger partial charge in [0.1, 0.15) is 11.6 Å². The summed E-state index contributed by atoms with van der Waals surface area (Å²) >= 11 is 0. The van der Waals surface area contributed by atoms with Crippen molar-refractivity contribution < 1.29 is 8.81 Å². The van der Waals surface area contributed by atoms with Gasteiger partial charge in [-0.2, -0.15) is 0 Å². The van der Waals surface area contributed by atoms with Gasteiger partial charge in [0, 0.05) is 28.7 Å². The largest absolute Gasteiger partial charge is 0.468 e. The Labute approximate surface area is 151 Å². The number of nitrogens with zero attached hydrogens (tertiary/aromatic N) is 1. The van der Waals surface area contributed by atoms with Crippen molar-refractivity contribution in [2.45, 2.75) is 19.0 Å². The van der Waals surface area contributed by atoms with Crippen LogP contribution in [0.25, 0.3) is 10.9 Å². The predicted molar refractivity (Wildman–Crippen MR) is 99.4 cm³/mol. The minimum atomic E-state index is -0.173. The lowest BCUT2D eigenvalue weighted by Crippen LogP contribution is -2.36. The number of fused-ring (bicyclic) bond motifs is 3. The van der Waals surface area contributed by atoms with Crippen molar-refractivity contribution in [1.29, 1.82) is 0 Å². The van der Waals surface area contributed by atoms with Gasteiger partial charge in [0.25, 0.3) is 0 Å². The SMILES string of the molecule is Fc1ccccc1[C@H]1c2[nH]c3ccccc3c2CCN1Cc1ccco1. The van der Waals surface area contributed by atoms with Crippen molar-refractivity contribution in [2.75, 3.05) is 6.54 Å². The molecule has 3 heterocycles. The first kappa shape index (κ1) is 15.4. The van der Waals surface area contributed by atoms with E-state index in [0.717, 1.165) is 29.9 Å². The molecule has 0 unspecified atom stereocenters. The third kappa shape index (κ3) is 2.45. The second-order valence-electron chi connectivity index (χ2n) is 6.79. The first-order valence-electron chi connectivity index (χ1n) is 8.91. The maximum absolute atomic E-state index is 14.7. The van der Waals surface area contributed by atoms with Crippen molar-refractivity contribution in [3.8, 4) is 0 Å². The summed E-state index contributed by atoms with van der Waals surface area (Å²) in [5, 5.41) is 1.24. The summed E-state index contributed by atoms with van der Waals surface area (Å²) in [6, 6.07) is 19.1. The van der Waals surface area contributed by atoms with Crippen molar-refractivity contribution in [3.05, 3.63) is 95.3 Å². The van der Waals surface area contributed by atoms with Gasteiger partial charge in [-0.05, 0) is 36.2 Å². The molecule has 1 aliphatic heterocycles. The maximum atomic E-state index is 14.7. The minimum Gasteiger partial charge on any atom is -0.468 e. The fourth-order valence-corrected chi connectivity index (χ4v) is 4.11. The zero-order valence-corrected chi connectivity index (χ0v) is 14.3. The molecule has 130 valence electrons. The summed E-state index contributed by atoms with van der Waals surface area (Å²) in [7, 11) is 0. The molecule has 0 spiro atoms. The lowest BCUT2D eigenvalue weighted by Gasteiger charge is -2.35. The Morgan fingerprint density at radius 3 is 2.73 bits per heavy atom. The van der Waals surface area contributed by atoms with E-state index in [1.165, 1.54) is 17.0 Å². The fraction of sp³-hybridized carbons (Fsp3) is 0.182. The Morgan fingerprint density at radius 2 is 1.88 bits per heavy atom. The summed E-state index contributed by atoms with van der Waals surface area (Å²) in [5.41, 5.74) is 4.20. The van der Waals surface area contributed by atoms with Gasteiger partial charge in [0.2, 0.25) is 0 Å². The van der Waals surface area contributed by atoms with Crippen molar-refractivity contribution in [1.82, 2.24) is 9.88 Å². The van der Waals surface area contributed by atoms with Crippen LogP contribution in [0.2, 0.25) is 0 Å². The molecule has 0 saturated heterocycles. The zero-order chi connectivity index (χ0) is 17.5. The second-order valence-corrected chi connectivity index (χ2v) is 6.79. The number of aromatic nitrogens is 1. The highest BCUT2D eigenvalue weighted by atomic mass is 19.1. The average Bonchev–Trinajstić information content (AvgIpc) is 3.30. The molecule has 0 radical (unpaired) electrons. The van der Waals surface area contributed by atoms with Gasteiger partial charge in [-0.1, -0.05) is 36.4 Å². The Morgan fingerprint density at radius 1 is 1.04 bits per heavy atom. The number of nitrogens with one attached hydrogen (secondary N) is 1. The Kier molecular flexibility index (Phi) is 3.64. The number of para-hydroxylation sites is 1. The summed E-state index contributed by atoms with van der Waals surface area (Å²) in [4.78, 5) is 5.85. The first-order chi connectivity index (χ1) is 12.8. The van der Waals surface area contributed by atoms with E-state index in [2.05, 4.69) is 28.1 Å². The number of aromatic amines is 1. The molecule has 0 saturated carbocycles. The molecule has 1 N–H and O–H groups in total. The number of hydrogen-bond acceptors (Lipinski definition) is 2.